The minimum Gasteiger partial charge on any atom is -0.395 e. The number of allylic oxidation sites excluding steroid dienone is 1. The highest BCUT2D eigenvalue weighted by Gasteiger charge is 2.02. The number of hydrogen-bond donors (Lipinski definition) is 2. The summed E-state index contributed by atoms with van der Waals surface area (Å²) in [7, 11) is 0. The number of amides is 1. The van der Waals surface area contributed by atoms with E-state index in [9.17, 15) is 4.79 Å². The molecule has 0 aliphatic rings. The van der Waals surface area contributed by atoms with Gasteiger partial charge < -0.3 is 10.4 Å². The molecular formula is C14H19NO2. The Labute approximate surface area is 102 Å². The maximum absolute atomic E-state index is 11.5. The van der Waals surface area contributed by atoms with Gasteiger partial charge in [0.15, 0.2) is 0 Å². The molecule has 0 aromatic heterocycles. The minimum atomic E-state index is -0.150. The topological polar surface area (TPSA) is 49.3 Å². The number of nitrogens with one attached hydrogen (secondary N) is 1. The normalized spacial score (nSPS) is 10.7. The van der Waals surface area contributed by atoms with E-state index in [2.05, 4.69) is 24.4 Å². The SMILES string of the molecule is CCCC=Cc1ccc(C(=O)NCCO)cc1. The van der Waals surface area contributed by atoms with E-state index in [1.165, 1.54) is 0 Å². The molecular weight excluding hydrogens is 214 g/mol. The molecule has 0 radical (unpaired) electrons. The predicted octanol–water partition coefficient (Wildman–Crippen LogP) is 2.22. The molecule has 0 saturated heterocycles. The third-order valence-electron chi connectivity index (χ3n) is 2.34. The van der Waals surface area contributed by atoms with Crippen molar-refractivity contribution in [1.82, 2.24) is 5.32 Å². The molecule has 0 bridgehead atoms. The van der Waals surface area contributed by atoms with Crippen LogP contribution in [0.1, 0.15) is 35.7 Å². The van der Waals surface area contributed by atoms with Crippen molar-refractivity contribution in [3.05, 3.63) is 41.5 Å². The van der Waals surface area contributed by atoms with Gasteiger partial charge in [-0.1, -0.05) is 37.6 Å². The molecule has 1 rings (SSSR count). The summed E-state index contributed by atoms with van der Waals surface area (Å²) in [6.45, 7) is 2.39. The number of aliphatic hydroxyl groups is 1. The number of carbonyl (C=O) groups is 1. The van der Waals surface area contributed by atoms with Gasteiger partial charge in [-0.05, 0) is 24.1 Å². The molecule has 0 unspecified atom stereocenters. The standard InChI is InChI=1S/C14H19NO2/c1-2-3-4-5-12-6-8-13(9-7-12)14(17)15-10-11-16/h4-9,16H,2-3,10-11H2,1H3,(H,15,17). The molecule has 0 fully saturated rings. The highest BCUT2D eigenvalue weighted by molar-refractivity contribution is 5.94. The smallest absolute Gasteiger partial charge is 0.251 e. The first-order valence-corrected chi connectivity index (χ1v) is 5.93. The fourth-order valence-electron chi connectivity index (χ4n) is 1.40. The number of carbonyl (C=O) groups excluding carboxylic acids is 1. The second-order valence-electron chi connectivity index (χ2n) is 3.79. The molecule has 3 heteroatoms. The Kier molecular flexibility index (Phi) is 6.04. The van der Waals surface area contributed by atoms with Crippen molar-refractivity contribution in [3.8, 4) is 0 Å². The maximum Gasteiger partial charge on any atom is 0.251 e. The molecule has 0 saturated carbocycles. The van der Waals surface area contributed by atoms with Crippen molar-refractivity contribution in [2.75, 3.05) is 13.2 Å². The maximum atomic E-state index is 11.5. The van der Waals surface area contributed by atoms with Gasteiger partial charge in [0, 0.05) is 12.1 Å². The highest BCUT2D eigenvalue weighted by Crippen LogP contribution is 2.07. The quantitative estimate of drug-likeness (QED) is 0.791. The van der Waals surface area contributed by atoms with Crippen molar-refractivity contribution in [1.29, 1.82) is 0 Å². The molecule has 17 heavy (non-hydrogen) atoms. The molecule has 1 aromatic rings. The summed E-state index contributed by atoms with van der Waals surface area (Å²) in [4.78, 5) is 11.5. The molecule has 2 N–H and O–H groups in total. The minimum absolute atomic E-state index is 0.0381. The highest BCUT2D eigenvalue weighted by atomic mass is 16.3. The zero-order chi connectivity index (χ0) is 12.5. The zero-order valence-electron chi connectivity index (χ0n) is 10.1. The van der Waals surface area contributed by atoms with Crippen molar-refractivity contribution >= 4 is 12.0 Å². The number of benzene rings is 1. The van der Waals surface area contributed by atoms with Crippen LogP contribution in [-0.4, -0.2) is 24.2 Å². The molecule has 0 atom stereocenters. The fourth-order valence-corrected chi connectivity index (χ4v) is 1.40. The van der Waals surface area contributed by atoms with Crippen LogP contribution in [0.15, 0.2) is 30.3 Å². The number of rotatable bonds is 6. The third-order valence-corrected chi connectivity index (χ3v) is 2.34. The van der Waals surface area contributed by atoms with Gasteiger partial charge in [0.1, 0.15) is 0 Å². The van der Waals surface area contributed by atoms with E-state index in [1.807, 2.05) is 12.1 Å². The van der Waals surface area contributed by atoms with Crippen LogP contribution >= 0.6 is 0 Å². The van der Waals surface area contributed by atoms with Gasteiger partial charge >= 0.3 is 0 Å². The van der Waals surface area contributed by atoms with Crippen LogP contribution in [0.25, 0.3) is 6.08 Å². The Morgan fingerprint density at radius 3 is 2.65 bits per heavy atom. The lowest BCUT2D eigenvalue weighted by Crippen LogP contribution is -2.26. The lowest BCUT2D eigenvalue weighted by Gasteiger charge is -2.03. The summed E-state index contributed by atoms with van der Waals surface area (Å²) in [5.41, 5.74) is 1.71. The molecule has 1 amide bonds. The van der Waals surface area contributed by atoms with Crippen LogP contribution in [0.2, 0.25) is 0 Å². The van der Waals surface area contributed by atoms with Gasteiger partial charge in [0.2, 0.25) is 0 Å². The van der Waals surface area contributed by atoms with Gasteiger partial charge in [0.25, 0.3) is 5.91 Å². The van der Waals surface area contributed by atoms with Crippen LogP contribution in [-0.2, 0) is 0 Å². The first-order valence-electron chi connectivity index (χ1n) is 5.93. The molecule has 0 aliphatic heterocycles. The lowest BCUT2D eigenvalue weighted by atomic mass is 10.1. The first kappa shape index (κ1) is 13.5. The van der Waals surface area contributed by atoms with Crippen molar-refractivity contribution in [3.63, 3.8) is 0 Å². The molecule has 0 heterocycles. The van der Waals surface area contributed by atoms with E-state index in [4.69, 9.17) is 5.11 Å². The van der Waals surface area contributed by atoms with Crippen LogP contribution in [0.5, 0.6) is 0 Å². The summed E-state index contributed by atoms with van der Waals surface area (Å²) in [6, 6.07) is 7.41. The zero-order valence-corrected chi connectivity index (χ0v) is 10.1. The van der Waals surface area contributed by atoms with Crippen LogP contribution < -0.4 is 5.32 Å². The molecule has 1 aromatic carbocycles. The molecule has 92 valence electrons. The van der Waals surface area contributed by atoms with Crippen molar-refractivity contribution in [2.45, 2.75) is 19.8 Å². The van der Waals surface area contributed by atoms with Crippen LogP contribution in [0.4, 0.5) is 0 Å². The van der Waals surface area contributed by atoms with E-state index in [1.54, 1.807) is 12.1 Å². The lowest BCUT2D eigenvalue weighted by molar-refractivity contribution is 0.0945. The molecule has 0 spiro atoms. The number of hydrogen-bond acceptors (Lipinski definition) is 2. The number of aliphatic hydroxyl groups excluding tert-OH is 1. The average Bonchev–Trinajstić information content (AvgIpc) is 2.37. The van der Waals surface area contributed by atoms with E-state index < -0.39 is 0 Å². The third kappa shape index (κ3) is 4.83. The van der Waals surface area contributed by atoms with Gasteiger partial charge in [-0.15, -0.1) is 0 Å². The largest absolute Gasteiger partial charge is 0.395 e. The average molecular weight is 233 g/mol. The Balaban J connectivity index is 2.58. The first-order chi connectivity index (χ1) is 8.27. The van der Waals surface area contributed by atoms with E-state index in [0.717, 1.165) is 18.4 Å². The Bertz CT molecular complexity index is 368. The summed E-state index contributed by atoms with van der Waals surface area (Å²) in [5.74, 6) is -0.150. The van der Waals surface area contributed by atoms with Crippen molar-refractivity contribution in [2.24, 2.45) is 0 Å². The Morgan fingerprint density at radius 1 is 1.35 bits per heavy atom. The Morgan fingerprint density at radius 2 is 2.06 bits per heavy atom. The van der Waals surface area contributed by atoms with Gasteiger partial charge in [0.05, 0.1) is 6.61 Å². The molecule has 3 nitrogen and oxygen atoms in total. The van der Waals surface area contributed by atoms with Gasteiger partial charge in [-0.25, -0.2) is 0 Å². The predicted molar refractivity (Wildman–Crippen MR) is 69.8 cm³/mol. The molecule has 0 aliphatic carbocycles. The second kappa shape index (κ2) is 7.63. The second-order valence-corrected chi connectivity index (χ2v) is 3.79. The van der Waals surface area contributed by atoms with Crippen LogP contribution in [0.3, 0.4) is 0 Å². The summed E-state index contributed by atoms with van der Waals surface area (Å²) in [5, 5.41) is 11.2. The number of unbranched alkanes of at least 4 members (excludes halogenated alkanes) is 1. The van der Waals surface area contributed by atoms with Gasteiger partial charge in [-0.3, -0.25) is 4.79 Å². The van der Waals surface area contributed by atoms with E-state index in [-0.39, 0.29) is 19.1 Å². The summed E-state index contributed by atoms with van der Waals surface area (Å²) < 4.78 is 0. The fraction of sp³-hybridized carbons (Fsp3) is 0.357. The van der Waals surface area contributed by atoms with Gasteiger partial charge in [-0.2, -0.15) is 0 Å². The summed E-state index contributed by atoms with van der Waals surface area (Å²) >= 11 is 0. The van der Waals surface area contributed by atoms with E-state index in [0.29, 0.717) is 5.56 Å². The summed E-state index contributed by atoms with van der Waals surface area (Å²) in [6.07, 6.45) is 6.39. The van der Waals surface area contributed by atoms with E-state index >= 15 is 0 Å². The Hall–Kier alpha value is -1.61. The van der Waals surface area contributed by atoms with Crippen molar-refractivity contribution < 1.29 is 9.90 Å². The van der Waals surface area contributed by atoms with Crippen LogP contribution in [0, 0.1) is 0 Å². The monoisotopic (exact) mass is 233 g/mol.